The topological polar surface area (TPSA) is 86.8 Å². The van der Waals surface area contributed by atoms with E-state index in [1.165, 1.54) is 11.0 Å². The zero-order chi connectivity index (χ0) is 25.3. The first-order chi connectivity index (χ1) is 16.0. The van der Waals surface area contributed by atoms with Crippen molar-refractivity contribution in [2.45, 2.75) is 39.7 Å². The van der Waals surface area contributed by atoms with Gasteiger partial charge in [0, 0.05) is 18.1 Å². The predicted octanol–water partition coefficient (Wildman–Crippen LogP) is 3.73. The van der Waals surface area contributed by atoms with Crippen molar-refractivity contribution in [1.82, 2.24) is 10.2 Å². The van der Waals surface area contributed by atoms with E-state index in [1.807, 2.05) is 51.1 Å². The smallest absolute Gasteiger partial charge is 0.244 e. The summed E-state index contributed by atoms with van der Waals surface area (Å²) < 4.78 is 26.2. The summed E-state index contributed by atoms with van der Waals surface area (Å²) >= 11 is 6.06. The average Bonchev–Trinajstić information content (AvgIpc) is 2.78. The van der Waals surface area contributed by atoms with Gasteiger partial charge in [-0.05, 0) is 42.5 Å². The molecule has 1 atom stereocenters. The Morgan fingerprint density at radius 2 is 1.74 bits per heavy atom. The van der Waals surface area contributed by atoms with Gasteiger partial charge in [-0.15, -0.1) is 0 Å². The van der Waals surface area contributed by atoms with Crippen LogP contribution in [0.2, 0.25) is 5.02 Å². The minimum Gasteiger partial charge on any atom is -0.354 e. The maximum Gasteiger partial charge on any atom is 0.244 e. The van der Waals surface area contributed by atoms with Gasteiger partial charge in [-0.2, -0.15) is 0 Å². The lowest BCUT2D eigenvalue weighted by atomic mass is 10.1. The number of hydrogen-bond donors (Lipinski definition) is 1. The third-order valence-electron chi connectivity index (χ3n) is 5.33. The number of carbonyl (C=O) groups excluding carboxylic acids is 2. The largest absolute Gasteiger partial charge is 0.354 e. The Hall–Kier alpha value is -2.58. The van der Waals surface area contributed by atoms with Gasteiger partial charge in [0.1, 0.15) is 12.6 Å². The van der Waals surface area contributed by atoms with Gasteiger partial charge < -0.3 is 10.2 Å². The molecule has 7 nitrogen and oxygen atoms in total. The van der Waals surface area contributed by atoms with Gasteiger partial charge >= 0.3 is 0 Å². The molecule has 0 fully saturated rings. The molecule has 0 radical (unpaired) electrons. The molecule has 2 aromatic carbocycles. The Labute approximate surface area is 208 Å². The number of amides is 2. The van der Waals surface area contributed by atoms with Crippen molar-refractivity contribution in [2.24, 2.45) is 5.92 Å². The minimum absolute atomic E-state index is 0.244. The monoisotopic (exact) mass is 507 g/mol. The number of carbonyl (C=O) groups is 2. The van der Waals surface area contributed by atoms with Gasteiger partial charge in [-0.1, -0.05) is 68.8 Å². The fourth-order valence-corrected chi connectivity index (χ4v) is 4.59. The van der Waals surface area contributed by atoms with E-state index in [0.717, 1.165) is 16.1 Å². The van der Waals surface area contributed by atoms with Crippen molar-refractivity contribution < 1.29 is 18.0 Å². The molecular weight excluding hydrogens is 474 g/mol. The van der Waals surface area contributed by atoms with Gasteiger partial charge in [0.25, 0.3) is 0 Å². The minimum atomic E-state index is -3.78. The Bertz CT molecular complexity index is 1060. The maximum atomic E-state index is 13.5. The number of halogens is 1. The zero-order valence-electron chi connectivity index (χ0n) is 20.2. The summed E-state index contributed by atoms with van der Waals surface area (Å²) in [6.45, 7) is 6.18. The lowest BCUT2D eigenvalue weighted by molar-refractivity contribution is -0.139. The van der Waals surface area contributed by atoms with E-state index >= 15 is 0 Å². The first-order valence-corrected chi connectivity index (χ1v) is 13.6. The first kappa shape index (κ1) is 27.7. The fourth-order valence-electron chi connectivity index (χ4n) is 3.56. The third-order valence-corrected chi connectivity index (χ3v) is 6.71. The van der Waals surface area contributed by atoms with Crippen molar-refractivity contribution in [1.29, 1.82) is 0 Å². The van der Waals surface area contributed by atoms with Crippen LogP contribution < -0.4 is 9.62 Å². The summed E-state index contributed by atoms with van der Waals surface area (Å²) in [6, 6.07) is 15.3. The molecule has 9 heteroatoms. The number of nitrogens with one attached hydrogen (secondary N) is 1. The Morgan fingerprint density at radius 1 is 1.06 bits per heavy atom. The van der Waals surface area contributed by atoms with Gasteiger partial charge in [0.2, 0.25) is 21.8 Å². The molecule has 2 rings (SSSR count). The molecule has 1 unspecified atom stereocenters. The summed E-state index contributed by atoms with van der Waals surface area (Å²) in [6.07, 6.45) is 1.99. The average molecular weight is 508 g/mol. The van der Waals surface area contributed by atoms with E-state index in [0.29, 0.717) is 30.1 Å². The fraction of sp³-hybridized carbons (Fsp3) is 0.440. The first-order valence-electron chi connectivity index (χ1n) is 11.4. The van der Waals surface area contributed by atoms with Gasteiger partial charge in [-0.3, -0.25) is 13.9 Å². The Kier molecular flexibility index (Phi) is 10.4. The van der Waals surface area contributed by atoms with Crippen LogP contribution in [0.5, 0.6) is 0 Å². The predicted molar refractivity (Wildman–Crippen MR) is 137 cm³/mol. The number of hydrogen-bond acceptors (Lipinski definition) is 4. The van der Waals surface area contributed by atoms with Crippen LogP contribution in [0.3, 0.4) is 0 Å². The normalized spacial score (nSPS) is 12.3. The molecule has 0 saturated carbocycles. The van der Waals surface area contributed by atoms with Crippen molar-refractivity contribution in [3.8, 4) is 0 Å². The molecule has 186 valence electrons. The number of sulfonamides is 1. The van der Waals surface area contributed by atoms with E-state index < -0.39 is 28.5 Å². The van der Waals surface area contributed by atoms with Crippen LogP contribution in [0, 0.1) is 5.92 Å². The second-order valence-electron chi connectivity index (χ2n) is 8.64. The van der Waals surface area contributed by atoms with Crippen LogP contribution in [-0.4, -0.2) is 57.1 Å². The quantitative estimate of drug-likeness (QED) is 0.474. The van der Waals surface area contributed by atoms with Crippen LogP contribution in [0.4, 0.5) is 5.69 Å². The Balaban J connectivity index is 2.34. The lowest BCUT2D eigenvalue weighted by Gasteiger charge is -2.33. The summed E-state index contributed by atoms with van der Waals surface area (Å²) in [5, 5.41) is 3.27. The van der Waals surface area contributed by atoms with E-state index in [-0.39, 0.29) is 18.4 Å². The summed E-state index contributed by atoms with van der Waals surface area (Å²) in [4.78, 5) is 28.0. The molecule has 0 aliphatic rings. The molecule has 0 heterocycles. The number of rotatable bonds is 12. The van der Waals surface area contributed by atoms with Crippen LogP contribution in [0.25, 0.3) is 0 Å². The highest BCUT2D eigenvalue weighted by atomic mass is 35.5. The Morgan fingerprint density at radius 3 is 2.29 bits per heavy atom. The summed E-state index contributed by atoms with van der Waals surface area (Å²) in [5.74, 6) is -0.433. The molecule has 1 N–H and O–H groups in total. The standard InChI is InChI=1S/C25H34ClN3O4S/c1-5-23(25(31)27-17-19(2)3)28(15-14-20-10-7-6-8-11-20)24(30)18-29(34(4,32)33)22-13-9-12-21(26)16-22/h6-13,16,19,23H,5,14-15,17-18H2,1-4H3,(H,27,31). The molecule has 0 aliphatic heterocycles. The van der Waals surface area contributed by atoms with Gasteiger partial charge in [0.15, 0.2) is 0 Å². The third kappa shape index (κ3) is 8.33. The second kappa shape index (κ2) is 12.8. The van der Waals surface area contributed by atoms with Crippen LogP contribution in [-0.2, 0) is 26.0 Å². The number of benzene rings is 2. The van der Waals surface area contributed by atoms with Crippen LogP contribution in [0.15, 0.2) is 54.6 Å². The highest BCUT2D eigenvalue weighted by molar-refractivity contribution is 7.92. The molecule has 0 bridgehead atoms. The molecule has 0 spiro atoms. The molecule has 0 aliphatic carbocycles. The highest BCUT2D eigenvalue weighted by Crippen LogP contribution is 2.22. The number of nitrogens with zero attached hydrogens (tertiary/aromatic N) is 2. The molecule has 2 amide bonds. The lowest BCUT2D eigenvalue weighted by Crippen LogP contribution is -2.53. The van der Waals surface area contributed by atoms with Crippen LogP contribution in [0.1, 0.15) is 32.8 Å². The second-order valence-corrected chi connectivity index (χ2v) is 11.0. The number of anilines is 1. The van der Waals surface area contributed by atoms with E-state index in [1.54, 1.807) is 18.2 Å². The molecule has 0 saturated heterocycles. The van der Waals surface area contributed by atoms with Gasteiger partial charge in [-0.25, -0.2) is 8.42 Å². The maximum absolute atomic E-state index is 13.5. The van der Waals surface area contributed by atoms with Gasteiger partial charge in [0.05, 0.1) is 11.9 Å². The molecule has 2 aromatic rings. The molecule has 0 aromatic heterocycles. The highest BCUT2D eigenvalue weighted by Gasteiger charge is 2.31. The van der Waals surface area contributed by atoms with E-state index in [9.17, 15) is 18.0 Å². The SMILES string of the molecule is CCC(C(=O)NCC(C)C)N(CCc1ccccc1)C(=O)CN(c1cccc(Cl)c1)S(C)(=O)=O. The molecular formula is C25H34ClN3O4S. The van der Waals surface area contributed by atoms with Crippen molar-refractivity contribution in [2.75, 3.05) is 30.2 Å². The van der Waals surface area contributed by atoms with E-state index in [2.05, 4.69) is 5.32 Å². The summed E-state index contributed by atoms with van der Waals surface area (Å²) in [7, 11) is -3.78. The van der Waals surface area contributed by atoms with Crippen molar-refractivity contribution in [3.63, 3.8) is 0 Å². The van der Waals surface area contributed by atoms with E-state index in [4.69, 9.17) is 11.6 Å². The summed E-state index contributed by atoms with van der Waals surface area (Å²) in [5.41, 5.74) is 1.32. The van der Waals surface area contributed by atoms with Crippen molar-refractivity contribution in [3.05, 3.63) is 65.2 Å². The zero-order valence-corrected chi connectivity index (χ0v) is 21.8. The molecule has 34 heavy (non-hydrogen) atoms. The van der Waals surface area contributed by atoms with Crippen LogP contribution >= 0.6 is 11.6 Å². The van der Waals surface area contributed by atoms with Crippen molar-refractivity contribution >= 4 is 39.1 Å².